The molecule has 0 aromatic carbocycles. The molecule has 1 aliphatic heterocycles. The molecule has 0 saturated heterocycles. The van der Waals surface area contributed by atoms with Crippen LogP contribution in [0.25, 0.3) is 0 Å². The fourth-order valence-electron chi connectivity index (χ4n) is 1.34. The summed E-state index contributed by atoms with van der Waals surface area (Å²) in [5.41, 5.74) is 5.08. The van der Waals surface area contributed by atoms with E-state index in [1.165, 1.54) is 12.0 Å². The van der Waals surface area contributed by atoms with Crippen LogP contribution in [0.1, 0.15) is 34.1 Å². The molecule has 2 heteroatoms. The van der Waals surface area contributed by atoms with Crippen LogP contribution in [-0.2, 0) is 0 Å². The standard InChI is InChI=1S/C10H20N2/c1-8-6-9(10(2,3)4)7-11-12(8)5/h7-8,11H,6H2,1-5H3. The van der Waals surface area contributed by atoms with Gasteiger partial charge in [0.2, 0.25) is 0 Å². The van der Waals surface area contributed by atoms with Crippen LogP contribution in [0.2, 0.25) is 0 Å². The van der Waals surface area contributed by atoms with Gasteiger partial charge in [0.25, 0.3) is 0 Å². The van der Waals surface area contributed by atoms with Crippen LogP contribution >= 0.6 is 0 Å². The number of nitrogens with one attached hydrogen (secondary N) is 1. The Morgan fingerprint density at radius 2 is 2.08 bits per heavy atom. The van der Waals surface area contributed by atoms with Gasteiger partial charge in [-0.3, -0.25) is 0 Å². The van der Waals surface area contributed by atoms with Crippen LogP contribution in [0.15, 0.2) is 11.8 Å². The Morgan fingerprint density at radius 3 is 2.50 bits per heavy atom. The van der Waals surface area contributed by atoms with Crippen molar-refractivity contribution in [2.45, 2.75) is 40.2 Å². The highest BCUT2D eigenvalue weighted by Gasteiger charge is 2.23. The number of hydrogen-bond acceptors (Lipinski definition) is 2. The van der Waals surface area contributed by atoms with Crippen LogP contribution < -0.4 is 5.43 Å². The lowest BCUT2D eigenvalue weighted by Gasteiger charge is -2.35. The van der Waals surface area contributed by atoms with Crippen molar-refractivity contribution >= 4 is 0 Å². The van der Waals surface area contributed by atoms with Crippen molar-refractivity contribution in [1.29, 1.82) is 0 Å². The lowest BCUT2D eigenvalue weighted by Crippen LogP contribution is -2.43. The molecular weight excluding hydrogens is 148 g/mol. The molecule has 1 N–H and O–H groups in total. The summed E-state index contributed by atoms with van der Waals surface area (Å²) in [6.45, 7) is 9.03. The maximum absolute atomic E-state index is 3.26. The molecule has 12 heavy (non-hydrogen) atoms. The Labute approximate surface area is 75.6 Å². The van der Waals surface area contributed by atoms with E-state index in [0.717, 1.165) is 0 Å². The lowest BCUT2D eigenvalue weighted by molar-refractivity contribution is 0.180. The molecule has 2 nitrogen and oxygen atoms in total. The highest BCUT2D eigenvalue weighted by atomic mass is 15.5. The first-order valence-corrected chi connectivity index (χ1v) is 4.60. The van der Waals surface area contributed by atoms with Crippen LogP contribution in [0, 0.1) is 5.41 Å². The summed E-state index contributed by atoms with van der Waals surface area (Å²) in [4.78, 5) is 0. The molecule has 1 unspecified atom stereocenters. The number of rotatable bonds is 0. The van der Waals surface area contributed by atoms with Gasteiger partial charge in [0.1, 0.15) is 0 Å². The number of nitrogens with zero attached hydrogens (tertiary/aromatic N) is 1. The third-order valence-corrected chi connectivity index (χ3v) is 2.58. The maximum atomic E-state index is 3.26. The summed E-state index contributed by atoms with van der Waals surface area (Å²) in [6, 6.07) is 0.601. The lowest BCUT2D eigenvalue weighted by atomic mass is 9.83. The third kappa shape index (κ3) is 2.01. The van der Waals surface area contributed by atoms with E-state index >= 15 is 0 Å². The van der Waals surface area contributed by atoms with Gasteiger partial charge in [-0.2, -0.15) is 0 Å². The van der Waals surface area contributed by atoms with Gasteiger partial charge in [0, 0.05) is 19.3 Å². The van der Waals surface area contributed by atoms with Crippen molar-refractivity contribution in [2.24, 2.45) is 5.41 Å². The zero-order valence-electron chi connectivity index (χ0n) is 8.81. The minimum Gasteiger partial charge on any atom is -0.326 e. The molecule has 0 aromatic heterocycles. The molecule has 0 amide bonds. The Morgan fingerprint density at radius 1 is 1.50 bits per heavy atom. The first kappa shape index (κ1) is 9.59. The molecule has 0 saturated carbocycles. The van der Waals surface area contributed by atoms with Gasteiger partial charge in [-0.25, -0.2) is 5.01 Å². The molecule has 1 aliphatic rings. The molecule has 1 heterocycles. The van der Waals surface area contributed by atoms with Crippen LogP contribution in [0.5, 0.6) is 0 Å². The largest absolute Gasteiger partial charge is 0.326 e. The average molecular weight is 168 g/mol. The molecule has 0 radical (unpaired) electrons. The minimum atomic E-state index is 0.308. The SMILES string of the molecule is CC1CC(C(C)(C)C)=CNN1C. The van der Waals surface area contributed by atoms with E-state index < -0.39 is 0 Å². The molecule has 70 valence electrons. The van der Waals surface area contributed by atoms with Gasteiger partial charge in [-0.05, 0) is 24.3 Å². The van der Waals surface area contributed by atoms with Crippen molar-refractivity contribution in [2.75, 3.05) is 7.05 Å². The fourth-order valence-corrected chi connectivity index (χ4v) is 1.34. The Balaban J connectivity index is 2.71. The van der Waals surface area contributed by atoms with Gasteiger partial charge in [-0.15, -0.1) is 0 Å². The molecule has 0 bridgehead atoms. The second-order valence-electron chi connectivity index (χ2n) is 4.71. The van der Waals surface area contributed by atoms with Crippen molar-refractivity contribution in [1.82, 2.24) is 10.4 Å². The van der Waals surface area contributed by atoms with E-state index in [1.54, 1.807) is 0 Å². The Bertz CT molecular complexity index is 189. The van der Waals surface area contributed by atoms with Gasteiger partial charge >= 0.3 is 0 Å². The minimum absolute atomic E-state index is 0.308. The topological polar surface area (TPSA) is 15.3 Å². The van der Waals surface area contributed by atoms with Crippen LogP contribution in [-0.4, -0.2) is 18.1 Å². The normalized spacial score (nSPS) is 26.4. The van der Waals surface area contributed by atoms with Gasteiger partial charge < -0.3 is 5.43 Å². The zero-order valence-corrected chi connectivity index (χ0v) is 8.81. The van der Waals surface area contributed by atoms with E-state index in [9.17, 15) is 0 Å². The molecule has 0 spiro atoms. The summed E-state index contributed by atoms with van der Waals surface area (Å²) in [5.74, 6) is 0. The quantitative estimate of drug-likeness (QED) is 0.596. The number of hydrazine groups is 1. The highest BCUT2D eigenvalue weighted by Crippen LogP contribution is 2.30. The van der Waals surface area contributed by atoms with E-state index in [-0.39, 0.29) is 0 Å². The van der Waals surface area contributed by atoms with E-state index in [4.69, 9.17) is 0 Å². The van der Waals surface area contributed by atoms with E-state index in [2.05, 4.69) is 51.4 Å². The maximum Gasteiger partial charge on any atom is 0.0297 e. The van der Waals surface area contributed by atoms with E-state index in [0.29, 0.717) is 11.5 Å². The summed E-state index contributed by atoms with van der Waals surface area (Å²) >= 11 is 0. The predicted molar refractivity (Wildman–Crippen MR) is 52.5 cm³/mol. The smallest absolute Gasteiger partial charge is 0.0297 e. The second-order valence-corrected chi connectivity index (χ2v) is 4.71. The summed E-state index contributed by atoms with van der Waals surface area (Å²) < 4.78 is 0. The third-order valence-electron chi connectivity index (χ3n) is 2.58. The Hall–Kier alpha value is -0.500. The summed E-state index contributed by atoms with van der Waals surface area (Å²) in [7, 11) is 2.08. The van der Waals surface area contributed by atoms with Gasteiger partial charge in [-0.1, -0.05) is 20.8 Å². The van der Waals surface area contributed by atoms with Crippen molar-refractivity contribution < 1.29 is 0 Å². The Kier molecular flexibility index (Phi) is 2.47. The van der Waals surface area contributed by atoms with E-state index in [1.807, 2.05) is 0 Å². The predicted octanol–water partition coefficient (Wildman–Crippen LogP) is 2.14. The summed E-state index contributed by atoms with van der Waals surface area (Å²) in [5, 5.41) is 2.15. The molecule has 0 aromatic rings. The monoisotopic (exact) mass is 168 g/mol. The van der Waals surface area contributed by atoms with Gasteiger partial charge in [0.15, 0.2) is 0 Å². The van der Waals surface area contributed by atoms with Crippen LogP contribution in [0.4, 0.5) is 0 Å². The second kappa shape index (κ2) is 3.09. The van der Waals surface area contributed by atoms with Crippen molar-refractivity contribution in [3.63, 3.8) is 0 Å². The zero-order chi connectivity index (χ0) is 9.35. The fraction of sp³-hybridized carbons (Fsp3) is 0.800. The molecule has 0 fully saturated rings. The highest BCUT2D eigenvalue weighted by molar-refractivity contribution is 5.13. The van der Waals surface area contributed by atoms with Crippen LogP contribution in [0.3, 0.4) is 0 Å². The van der Waals surface area contributed by atoms with Crippen molar-refractivity contribution in [3.8, 4) is 0 Å². The number of hydrogen-bond donors (Lipinski definition) is 1. The first-order valence-electron chi connectivity index (χ1n) is 4.60. The molecular formula is C10H20N2. The first-order chi connectivity index (χ1) is 5.41. The summed E-state index contributed by atoms with van der Waals surface area (Å²) in [6.07, 6.45) is 3.31. The molecule has 0 aliphatic carbocycles. The molecule has 1 rings (SSSR count). The van der Waals surface area contributed by atoms with Gasteiger partial charge in [0.05, 0.1) is 0 Å². The van der Waals surface area contributed by atoms with Crippen molar-refractivity contribution in [3.05, 3.63) is 11.8 Å². The molecule has 1 atom stereocenters. The average Bonchev–Trinajstić information content (AvgIpc) is 1.92.